The number of hydrogen-bond acceptors (Lipinski definition) is 5. The Morgan fingerprint density at radius 1 is 1.15 bits per heavy atom. The lowest BCUT2D eigenvalue weighted by Crippen LogP contribution is -2.29. The van der Waals surface area contributed by atoms with Crippen molar-refractivity contribution >= 4 is 0 Å². The van der Waals surface area contributed by atoms with E-state index in [1.165, 1.54) is 11.1 Å². The minimum Gasteiger partial charge on any atom is -0.487 e. The van der Waals surface area contributed by atoms with Gasteiger partial charge in [0, 0.05) is 44.9 Å². The first-order chi connectivity index (χ1) is 16.0. The molecule has 0 N–H and O–H groups in total. The molecule has 0 saturated carbocycles. The summed E-state index contributed by atoms with van der Waals surface area (Å²) in [7, 11) is 2.08. The molecule has 0 amide bonds. The maximum atomic E-state index is 9.03. The monoisotopic (exact) mass is 445 g/mol. The largest absolute Gasteiger partial charge is 0.487 e. The molecule has 0 spiro atoms. The van der Waals surface area contributed by atoms with Crippen molar-refractivity contribution in [2.45, 2.75) is 33.3 Å². The van der Waals surface area contributed by atoms with Crippen LogP contribution in [0, 0.1) is 17.8 Å². The third-order valence-corrected chi connectivity index (χ3v) is 5.75. The van der Waals surface area contributed by atoms with Gasteiger partial charge in [-0.05, 0) is 56.5 Å². The lowest BCUT2D eigenvalue weighted by Gasteiger charge is -2.32. The minimum absolute atomic E-state index is 0.445. The molecule has 2 aliphatic rings. The Morgan fingerprint density at radius 2 is 1.94 bits per heavy atom. The molecule has 5 heteroatoms. The summed E-state index contributed by atoms with van der Waals surface area (Å²) in [5.41, 5.74) is 6.17. The number of ether oxygens (including phenoxy) is 3. The van der Waals surface area contributed by atoms with Crippen molar-refractivity contribution in [3.05, 3.63) is 101 Å². The highest BCUT2D eigenvalue weighted by Crippen LogP contribution is 2.32. The van der Waals surface area contributed by atoms with Gasteiger partial charge in [-0.2, -0.15) is 5.26 Å². The number of likely N-dealkylation sites (N-methyl/N-ethyl adjacent to an activating group) is 1. The number of rotatable bonds is 11. The van der Waals surface area contributed by atoms with E-state index in [9.17, 15) is 0 Å². The topological polar surface area (TPSA) is 54.7 Å². The molecule has 0 aromatic heterocycles. The lowest BCUT2D eigenvalue weighted by molar-refractivity contribution is 0.142. The Labute approximate surface area is 197 Å². The fourth-order valence-corrected chi connectivity index (χ4v) is 3.75. The van der Waals surface area contributed by atoms with Crippen LogP contribution in [-0.2, 0) is 20.8 Å². The maximum Gasteiger partial charge on any atom is 0.199 e. The highest BCUT2D eigenvalue weighted by Gasteiger charge is 2.25. The zero-order chi connectivity index (χ0) is 23.6. The summed E-state index contributed by atoms with van der Waals surface area (Å²) in [6.07, 6.45) is 9.60. The van der Waals surface area contributed by atoms with E-state index in [1.807, 2.05) is 55.8 Å². The van der Waals surface area contributed by atoms with Crippen molar-refractivity contribution in [2.75, 3.05) is 33.4 Å². The zero-order valence-electron chi connectivity index (χ0n) is 19.9. The molecule has 0 atom stereocenters. The van der Waals surface area contributed by atoms with Crippen LogP contribution in [0.4, 0.5) is 0 Å². The second-order valence-corrected chi connectivity index (χ2v) is 8.18. The predicted octanol–water partition coefficient (Wildman–Crippen LogP) is 5.60. The van der Waals surface area contributed by atoms with E-state index in [1.54, 1.807) is 0 Å². The van der Waals surface area contributed by atoms with E-state index < -0.39 is 0 Å². The fraction of sp³-hybridized carbons (Fsp3) is 0.357. The second kappa shape index (κ2) is 12.0. The normalized spacial score (nSPS) is 15.9. The van der Waals surface area contributed by atoms with Gasteiger partial charge >= 0.3 is 0 Å². The molecule has 0 fully saturated rings. The molecule has 1 aromatic carbocycles. The molecular weight excluding hydrogens is 412 g/mol. The molecule has 33 heavy (non-hydrogen) atoms. The third kappa shape index (κ3) is 6.81. The van der Waals surface area contributed by atoms with Gasteiger partial charge in [-0.25, -0.2) is 0 Å². The van der Waals surface area contributed by atoms with E-state index in [-0.39, 0.29) is 0 Å². The van der Waals surface area contributed by atoms with Gasteiger partial charge in [0.05, 0.1) is 35.1 Å². The van der Waals surface area contributed by atoms with Gasteiger partial charge < -0.3 is 19.1 Å². The molecule has 1 heterocycles. The van der Waals surface area contributed by atoms with Crippen molar-refractivity contribution in [3.63, 3.8) is 0 Å². The molecule has 5 nitrogen and oxygen atoms in total. The molecule has 0 radical (unpaired) electrons. The first kappa shape index (κ1) is 24.3. The molecule has 0 unspecified atom stereocenters. The highest BCUT2D eigenvalue weighted by atomic mass is 16.5. The van der Waals surface area contributed by atoms with E-state index in [4.69, 9.17) is 19.5 Å². The molecule has 1 aliphatic carbocycles. The van der Waals surface area contributed by atoms with Crippen LogP contribution in [0.25, 0.3) is 0 Å². The number of nitrogens with zero attached hydrogens (tertiary/aromatic N) is 2. The summed E-state index contributed by atoms with van der Waals surface area (Å²) in [5.74, 6) is 1.74. The molecule has 1 aliphatic heterocycles. The average molecular weight is 446 g/mol. The van der Waals surface area contributed by atoms with Gasteiger partial charge in [-0.3, -0.25) is 0 Å². The van der Waals surface area contributed by atoms with Crippen LogP contribution in [0.3, 0.4) is 0 Å². The van der Waals surface area contributed by atoms with Gasteiger partial charge in [0.2, 0.25) is 0 Å². The Bertz CT molecular complexity index is 1010. The third-order valence-electron chi connectivity index (χ3n) is 5.75. The van der Waals surface area contributed by atoms with Gasteiger partial charge in [-0.1, -0.05) is 12.1 Å². The highest BCUT2D eigenvalue weighted by molar-refractivity contribution is 5.41. The van der Waals surface area contributed by atoms with E-state index >= 15 is 0 Å². The Kier molecular flexibility index (Phi) is 8.86. The van der Waals surface area contributed by atoms with Crippen LogP contribution in [-0.4, -0.2) is 38.3 Å². The van der Waals surface area contributed by atoms with Gasteiger partial charge in [0.25, 0.3) is 0 Å². The SMILES string of the molecule is C=C1C=CC(OCC2=C(CCCOCC)C(OCc3ccc(C#N)cc3)=C(C)N(C)C2)=C[CH+]1. The van der Waals surface area contributed by atoms with Crippen LogP contribution in [0.1, 0.15) is 37.8 Å². The van der Waals surface area contributed by atoms with Crippen LogP contribution in [0.5, 0.6) is 0 Å². The van der Waals surface area contributed by atoms with Gasteiger partial charge in [-0.15, -0.1) is 0 Å². The summed E-state index contributed by atoms with van der Waals surface area (Å²) in [6.45, 7) is 11.2. The molecule has 3 rings (SSSR count). The van der Waals surface area contributed by atoms with Gasteiger partial charge in [0.1, 0.15) is 19.0 Å². The van der Waals surface area contributed by atoms with E-state index in [0.29, 0.717) is 18.8 Å². The maximum absolute atomic E-state index is 9.03. The van der Waals surface area contributed by atoms with Crippen molar-refractivity contribution in [2.24, 2.45) is 0 Å². The summed E-state index contributed by atoms with van der Waals surface area (Å²) in [5, 5.41) is 9.03. The van der Waals surface area contributed by atoms with Crippen LogP contribution in [0.15, 0.2) is 83.0 Å². The fourth-order valence-electron chi connectivity index (χ4n) is 3.75. The van der Waals surface area contributed by atoms with Crippen LogP contribution in [0.2, 0.25) is 0 Å². The molecule has 0 bridgehead atoms. The molecule has 0 saturated heterocycles. The minimum atomic E-state index is 0.445. The Hall–Kier alpha value is -3.36. The number of benzene rings is 1. The summed E-state index contributed by atoms with van der Waals surface area (Å²) in [6, 6.07) is 9.68. The summed E-state index contributed by atoms with van der Waals surface area (Å²) in [4.78, 5) is 2.21. The predicted molar refractivity (Wildman–Crippen MR) is 131 cm³/mol. The smallest absolute Gasteiger partial charge is 0.199 e. The number of allylic oxidation sites excluding steroid dienone is 6. The van der Waals surface area contributed by atoms with Crippen molar-refractivity contribution < 1.29 is 14.2 Å². The molecule has 172 valence electrons. The first-order valence-corrected chi connectivity index (χ1v) is 11.4. The molecular formula is C28H33N2O3+. The first-order valence-electron chi connectivity index (χ1n) is 11.4. The Balaban J connectivity index is 1.79. The van der Waals surface area contributed by atoms with Gasteiger partial charge in [0.15, 0.2) is 5.76 Å². The Morgan fingerprint density at radius 3 is 2.61 bits per heavy atom. The van der Waals surface area contributed by atoms with Crippen molar-refractivity contribution in [1.29, 1.82) is 5.26 Å². The standard InChI is InChI=1S/C28H33N2O3/c1-5-31-16-6-7-27-25(20-32-26-14-8-21(2)9-15-26)18-30(4)22(3)28(27)33-19-24-12-10-23(17-29)11-13-24/h8-15H,2,5-7,16,18-20H2,1,3-4H3/q+1. The molecule has 1 aromatic rings. The zero-order valence-corrected chi connectivity index (χ0v) is 19.9. The van der Waals surface area contributed by atoms with Crippen LogP contribution >= 0.6 is 0 Å². The average Bonchev–Trinajstić information content (AvgIpc) is 2.83. The number of hydrogen-bond donors (Lipinski definition) is 0. The van der Waals surface area contributed by atoms with Crippen LogP contribution < -0.4 is 0 Å². The summed E-state index contributed by atoms with van der Waals surface area (Å²) >= 11 is 0. The van der Waals surface area contributed by atoms with E-state index in [2.05, 4.69) is 31.5 Å². The van der Waals surface area contributed by atoms with Crippen molar-refractivity contribution in [3.8, 4) is 6.07 Å². The van der Waals surface area contributed by atoms with Crippen molar-refractivity contribution in [1.82, 2.24) is 4.90 Å². The second-order valence-electron chi connectivity index (χ2n) is 8.18. The quantitative estimate of drug-likeness (QED) is 0.328. The summed E-state index contributed by atoms with van der Waals surface area (Å²) < 4.78 is 18.1. The lowest BCUT2D eigenvalue weighted by atomic mass is 9.96. The number of nitriles is 1. The van der Waals surface area contributed by atoms with E-state index in [0.717, 1.165) is 61.0 Å².